The summed E-state index contributed by atoms with van der Waals surface area (Å²) in [6.45, 7) is 14.8. The molecule has 0 heterocycles. The van der Waals surface area contributed by atoms with Gasteiger partial charge in [0.25, 0.3) is 0 Å². The minimum atomic E-state index is -1.46. The number of hydrogen-bond acceptors (Lipinski definition) is 2. The van der Waals surface area contributed by atoms with Crippen molar-refractivity contribution in [3.63, 3.8) is 0 Å². The van der Waals surface area contributed by atoms with Crippen molar-refractivity contribution in [1.29, 1.82) is 0 Å². The summed E-state index contributed by atoms with van der Waals surface area (Å²) in [6.07, 6.45) is 5.33. The van der Waals surface area contributed by atoms with Crippen LogP contribution in [0.1, 0.15) is 53.4 Å². The molecule has 0 aromatic rings. The van der Waals surface area contributed by atoms with Gasteiger partial charge in [-0.1, -0.05) is 50.9 Å². The molecule has 0 aromatic carbocycles. The monoisotopic (exact) mass is 313 g/mol. The molecule has 116 valence electrons. The van der Waals surface area contributed by atoms with Crippen LogP contribution in [-0.4, -0.2) is 41.5 Å². The highest BCUT2D eigenvalue weighted by atomic mass is 35.5. The van der Waals surface area contributed by atoms with Crippen molar-refractivity contribution in [2.24, 2.45) is 0 Å². The summed E-state index contributed by atoms with van der Waals surface area (Å²) in [5, 5.41) is 9.32. The van der Waals surface area contributed by atoms with E-state index in [9.17, 15) is 9.90 Å². The largest absolute Gasteiger partial charge is 0.547 e. The molecule has 0 amide bonds. The van der Waals surface area contributed by atoms with Gasteiger partial charge >= 0.3 is 0 Å². The van der Waals surface area contributed by atoms with Gasteiger partial charge in [-0.25, -0.2) is 0 Å². The minimum Gasteiger partial charge on any atom is -0.547 e. The molecule has 0 aliphatic carbocycles. The lowest BCUT2D eigenvalue weighted by atomic mass is 10.2. The van der Waals surface area contributed by atoms with Crippen LogP contribution >= 0.6 is 23.2 Å². The summed E-state index contributed by atoms with van der Waals surface area (Å²) >= 11 is 9.43. The molecule has 0 unspecified atom stereocenters. The van der Waals surface area contributed by atoms with Crippen LogP contribution in [0.15, 0.2) is 0 Å². The lowest BCUT2D eigenvalue weighted by Crippen LogP contribution is -2.50. The molecular formula is C14H29Cl2NO2. The number of carboxylic acid groups (broad SMARTS) is 1. The predicted molar refractivity (Wildman–Crippen MR) is 81.4 cm³/mol. The van der Waals surface area contributed by atoms with Crippen LogP contribution in [0.25, 0.3) is 0 Å². The molecule has 0 spiro atoms. The maximum Gasteiger partial charge on any atom is 0.146 e. The lowest BCUT2D eigenvalue weighted by Gasteiger charge is -2.38. The Morgan fingerprint density at radius 2 is 1.11 bits per heavy atom. The summed E-state index contributed by atoms with van der Waals surface area (Å²) in [4.78, 5) is 7.93. The van der Waals surface area contributed by atoms with Crippen molar-refractivity contribution in [2.75, 3.05) is 26.2 Å². The van der Waals surface area contributed by atoms with E-state index in [1.165, 1.54) is 56.3 Å². The van der Waals surface area contributed by atoms with Gasteiger partial charge in [-0.05, 0) is 25.7 Å². The van der Waals surface area contributed by atoms with Crippen molar-refractivity contribution < 1.29 is 14.4 Å². The van der Waals surface area contributed by atoms with Gasteiger partial charge in [-0.3, -0.25) is 0 Å². The van der Waals surface area contributed by atoms with Gasteiger partial charge in [0, 0.05) is 0 Å². The van der Waals surface area contributed by atoms with Crippen LogP contribution in [0.5, 0.6) is 0 Å². The molecule has 0 radical (unpaired) electrons. The second kappa shape index (κ2) is 13.0. The Bertz CT molecular complexity index is 194. The molecule has 0 rings (SSSR count). The first-order valence-corrected chi connectivity index (χ1v) is 8.10. The first-order valence-electron chi connectivity index (χ1n) is 7.23. The fraction of sp³-hybridized carbons (Fsp3) is 0.929. The Morgan fingerprint density at radius 3 is 1.21 bits per heavy atom. The van der Waals surface area contributed by atoms with Crippen LogP contribution < -0.4 is 5.11 Å². The molecule has 19 heavy (non-hydrogen) atoms. The first-order chi connectivity index (χ1) is 8.89. The highest BCUT2D eigenvalue weighted by Gasteiger charge is 2.22. The zero-order valence-corrected chi connectivity index (χ0v) is 14.3. The fourth-order valence-electron chi connectivity index (χ4n) is 2.57. The third-order valence-corrected chi connectivity index (χ3v) is 3.33. The van der Waals surface area contributed by atoms with E-state index in [0.29, 0.717) is 0 Å². The van der Waals surface area contributed by atoms with Crippen LogP contribution in [-0.2, 0) is 4.79 Å². The highest BCUT2D eigenvalue weighted by Crippen LogP contribution is 2.12. The van der Waals surface area contributed by atoms with Gasteiger partial charge in [-0.2, -0.15) is 0 Å². The number of rotatable bonds is 9. The van der Waals surface area contributed by atoms with E-state index in [4.69, 9.17) is 23.2 Å². The number of carbonyl (C=O) groups is 1. The SMILES string of the molecule is CCC[N+](CCC)(CCC)CCC.O=C([O-])C(Cl)Cl. The number of carboxylic acids is 1. The molecule has 0 aliphatic heterocycles. The summed E-state index contributed by atoms with van der Waals surface area (Å²) in [5.74, 6) is -1.46. The number of aliphatic carboxylic acids is 1. The Balaban J connectivity index is 0. The van der Waals surface area contributed by atoms with E-state index in [-0.39, 0.29) is 0 Å². The maximum absolute atomic E-state index is 9.32. The first kappa shape index (κ1) is 21.3. The number of halogens is 2. The van der Waals surface area contributed by atoms with Crippen LogP contribution in [0.3, 0.4) is 0 Å². The maximum atomic E-state index is 9.32. The van der Waals surface area contributed by atoms with E-state index >= 15 is 0 Å². The zero-order valence-electron chi connectivity index (χ0n) is 12.8. The smallest absolute Gasteiger partial charge is 0.146 e. The van der Waals surface area contributed by atoms with Gasteiger partial charge in [0.15, 0.2) is 0 Å². The molecule has 0 aliphatic rings. The van der Waals surface area contributed by atoms with Crippen molar-refractivity contribution in [3.05, 3.63) is 0 Å². The molecule has 0 saturated carbocycles. The Morgan fingerprint density at radius 1 is 0.895 bits per heavy atom. The lowest BCUT2D eigenvalue weighted by molar-refractivity contribution is -0.928. The van der Waals surface area contributed by atoms with Crippen molar-refractivity contribution in [3.8, 4) is 0 Å². The van der Waals surface area contributed by atoms with Crippen molar-refractivity contribution >= 4 is 29.2 Å². The molecule has 0 fully saturated rings. The molecule has 0 bridgehead atoms. The summed E-state index contributed by atoms with van der Waals surface area (Å²) in [7, 11) is 0. The quantitative estimate of drug-likeness (QED) is 0.485. The fourth-order valence-corrected chi connectivity index (χ4v) is 2.57. The van der Waals surface area contributed by atoms with E-state index in [0.717, 1.165) is 0 Å². The van der Waals surface area contributed by atoms with Crippen LogP contribution in [0.4, 0.5) is 0 Å². The minimum absolute atomic E-state index is 1.33. The highest BCUT2D eigenvalue weighted by molar-refractivity contribution is 6.52. The van der Waals surface area contributed by atoms with Gasteiger partial charge in [0.05, 0.1) is 32.1 Å². The second-order valence-corrected chi connectivity index (χ2v) is 5.95. The number of nitrogens with zero attached hydrogens (tertiary/aromatic N) is 1. The third kappa shape index (κ3) is 11.5. The van der Waals surface area contributed by atoms with E-state index in [2.05, 4.69) is 27.7 Å². The Labute approximate surface area is 128 Å². The average Bonchev–Trinajstić information content (AvgIpc) is 2.31. The van der Waals surface area contributed by atoms with E-state index in [1.807, 2.05) is 0 Å². The van der Waals surface area contributed by atoms with Crippen molar-refractivity contribution in [1.82, 2.24) is 0 Å². The Kier molecular flexibility index (Phi) is 14.6. The van der Waals surface area contributed by atoms with E-state index in [1.54, 1.807) is 0 Å². The molecular weight excluding hydrogens is 285 g/mol. The topological polar surface area (TPSA) is 40.1 Å². The molecule has 0 N–H and O–H groups in total. The number of quaternary nitrogens is 1. The summed E-state index contributed by atoms with van der Waals surface area (Å²) in [5.41, 5.74) is 0. The van der Waals surface area contributed by atoms with Crippen LogP contribution in [0.2, 0.25) is 0 Å². The second-order valence-electron chi connectivity index (χ2n) is 4.86. The number of carbonyl (C=O) groups excluding carboxylic acids is 1. The normalized spacial score (nSPS) is 11.1. The van der Waals surface area contributed by atoms with Crippen LogP contribution in [0, 0.1) is 0 Å². The summed E-state index contributed by atoms with van der Waals surface area (Å²) in [6, 6.07) is 0. The van der Waals surface area contributed by atoms with Crippen molar-refractivity contribution in [2.45, 2.75) is 58.2 Å². The molecule has 0 atom stereocenters. The van der Waals surface area contributed by atoms with Gasteiger partial charge in [-0.15, -0.1) is 0 Å². The molecule has 3 nitrogen and oxygen atoms in total. The zero-order chi connectivity index (χ0) is 15.3. The van der Waals surface area contributed by atoms with Gasteiger partial charge < -0.3 is 14.4 Å². The predicted octanol–water partition coefficient (Wildman–Crippen LogP) is 2.98. The van der Waals surface area contributed by atoms with Gasteiger partial charge in [0.1, 0.15) is 4.84 Å². The number of hydrogen-bond donors (Lipinski definition) is 0. The standard InChI is InChI=1S/C12H28N.C2H2Cl2O2/c1-5-9-13(10-6-2,11-7-3)12-8-4;3-1(4)2(5)6/h5-12H2,1-4H3;1H,(H,5,6)/q+1;/p-1. The average molecular weight is 314 g/mol. The molecule has 5 heteroatoms. The number of alkyl halides is 2. The third-order valence-electron chi connectivity index (χ3n) is 2.97. The Hall–Kier alpha value is 0.01000. The van der Waals surface area contributed by atoms with E-state index < -0.39 is 10.8 Å². The van der Waals surface area contributed by atoms with Gasteiger partial charge in [0.2, 0.25) is 0 Å². The molecule has 0 saturated heterocycles. The molecule has 0 aromatic heterocycles. The summed E-state index contributed by atoms with van der Waals surface area (Å²) < 4.78 is 1.38.